The zero-order valence-electron chi connectivity index (χ0n) is 12.5. The van der Waals surface area contributed by atoms with Crippen molar-refractivity contribution in [3.05, 3.63) is 0 Å². The van der Waals surface area contributed by atoms with Gasteiger partial charge in [-0.2, -0.15) is 31.3 Å². The normalized spacial score (nSPS) is 8.14. The van der Waals surface area contributed by atoms with E-state index in [4.69, 9.17) is 77.0 Å². The molecule has 0 aromatic heterocycles. The van der Waals surface area contributed by atoms with Crippen molar-refractivity contribution in [2.24, 2.45) is 0 Å². The minimum atomic E-state index is -5.39. The van der Waals surface area contributed by atoms with Gasteiger partial charge in [-0.15, -0.1) is 0 Å². The van der Waals surface area contributed by atoms with Crippen LogP contribution >= 0.6 is 31.3 Å². The van der Waals surface area contributed by atoms with Crippen molar-refractivity contribution in [1.82, 2.24) is 0 Å². The molecule has 29 heteroatoms. The molecule has 0 saturated heterocycles. The summed E-state index contributed by atoms with van der Waals surface area (Å²) in [5.41, 5.74) is 0. The van der Waals surface area contributed by atoms with Crippen molar-refractivity contribution in [3.63, 3.8) is 0 Å². The predicted octanol–water partition coefficient (Wildman–Crippen LogP) is -11.8. The van der Waals surface area contributed by atoms with Crippen LogP contribution in [-0.2, 0) is 171 Å². The van der Waals surface area contributed by atoms with Gasteiger partial charge in [0.2, 0.25) is 0 Å². The fourth-order valence-corrected chi connectivity index (χ4v) is 0. The van der Waals surface area contributed by atoms with Crippen LogP contribution in [0.5, 0.6) is 0 Å². The zero-order valence-corrected chi connectivity index (χ0v) is 28.3. The first kappa shape index (κ1) is 84.1. The van der Waals surface area contributed by atoms with Crippen LogP contribution in [0.25, 0.3) is 0 Å². The van der Waals surface area contributed by atoms with Crippen molar-refractivity contribution in [3.8, 4) is 0 Å². The molecule has 0 N–H and O–H groups in total. The molecule has 0 aromatic carbocycles. The molecule has 160 valence electrons. The van der Waals surface area contributed by atoms with Gasteiger partial charge in [0.1, 0.15) is 0 Å². The first-order chi connectivity index (χ1) is 8.00. The fraction of sp³-hybridized carbons (Fsp3) is 0. The molecule has 0 bridgehead atoms. The smallest absolute Gasteiger partial charge is 2.00 e. The average Bonchev–Trinajstić information content (AvgIpc) is 1.62. The molecule has 0 aromatic rings. The molecule has 0 saturated carbocycles. The minimum absolute atomic E-state index is 0. The predicted molar refractivity (Wildman–Crippen MR) is 33.2 cm³/mol. The van der Waals surface area contributed by atoms with Crippen LogP contribution < -0.4 is 58.7 Å². The summed E-state index contributed by atoms with van der Waals surface area (Å²) < 4.78 is 34.2. The van der Waals surface area contributed by atoms with Gasteiger partial charge >= 0.3 is 131 Å². The van der Waals surface area contributed by atoms with Crippen LogP contribution in [0.3, 0.4) is 0 Å². The Morgan fingerprint density at radius 1 is 0.276 bits per heavy atom. The first-order valence-electron chi connectivity index (χ1n) is 2.92. The van der Waals surface area contributed by atoms with Crippen molar-refractivity contribution < 1.29 is 230 Å². The Balaban J connectivity index is -0.00000000970. The molecular weight excluding hydrogens is 900 g/mol. The maximum atomic E-state index is 8.55. The van der Waals surface area contributed by atoms with Gasteiger partial charge in [-0.3, -0.25) is 0 Å². The van der Waals surface area contributed by atoms with Crippen molar-refractivity contribution >= 4 is 31.3 Å². The van der Waals surface area contributed by atoms with Crippen molar-refractivity contribution in [1.29, 1.82) is 0 Å². The Kier molecular flexibility index (Phi) is 116. The molecule has 0 radical (unpaired) electrons. The van der Waals surface area contributed by atoms with E-state index >= 15 is 0 Å². The summed E-state index contributed by atoms with van der Waals surface area (Å²) in [5.74, 6) is 0. The Hall–Kier alpha value is 4.70. The second-order valence-corrected chi connectivity index (χ2v) is 5.37. The molecule has 0 aliphatic carbocycles. The van der Waals surface area contributed by atoms with E-state index in [2.05, 4.69) is 0 Å². The van der Waals surface area contributed by atoms with Gasteiger partial charge < -0.3 is 98.9 Å². The summed E-state index contributed by atoms with van der Waals surface area (Å²) in [6.45, 7) is 0. The first-order valence-corrected chi connectivity index (χ1v) is 8.76. The molecule has 0 aliphatic rings. The Morgan fingerprint density at radius 3 is 0.276 bits per heavy atom. The van der Waals surface area contributed by atoms with Gasteiger partial charge in [0.05, 0.1) is 0 Å². The number of rotatable bonds is 0. The van der Waals surface area contributed by atoms with E-state index in [0.29, 0.717) is 0 Å². The standard InChI is InChI=1S/4H3O4P.4O.5Zr/c4*1-5(2,3)4;;;;;;;;;/h4*(H3,1,2,3,4);;;;;;;;;/q;;;;4*-2;5*+4/p-12. The van der Waals surface area contributed by atoms with E-state index < -0.39 is 31.3 Å². The van der Waals surface area contributed by atoms with Crippen LogP contribution in [0.15, 0.2) is 0 Å². The summed E-state index contributed by atoms with van der Waals surface area (Å²) in [6, 6.07) is 0. The largest absolute Gasteiger partial charge is 4.00 e. The van der Waals surface area contributed by atoms with Crippen LogP contribution in [0.1, 0.15) is 0 Å². The molecule has 0 amide bonds. The Bertz CT molecular complexity index is 300. The molecule has 0 aliphatic heterocycles. The summed E-state index contributed by atoms with van der Waals surface area (Å²) in [7, 11) is -21.6. The van der Waals surface area contributed by atoms with Gasteiger partial charge in [0.25, 0.3) is 0 Å². The molecular formula is O20P4Zr5. The topological polar surface area (TPSA) is 459 Å². The van der Waals surface area contributed by atoms with Gasteiger partial charge in [0, 0.05) is 0 Å². The number of hydrogen-bond acceptors (Lipinski definition) is 16. The molecule has 0 atom stereocenters. The summed E-state index contributed by atoms with van der Waals surface area (Å²) in [4.78, 5) is 103. The number of phosphoric acid groups is 4. The van der Waals surface area contributed by atoms with E-state index in [0.717, 1.165) is 0 Å². The van der Waals surface area contributed by atoms with Gasteiger partial charge in [-0.1, -0.05) is 0 Å². The summed E-state index contributed by atoms with van der Waals surface area (Å²) >= 11 is 0. The Labute approximate surface area is 257 Å². The maximum absolute atomic E-state index is 8.55. The van der Waals surface area contributed by atoms with E-state index in [1.807, 2.05) is 0 Å². The van der Waals surface area contributed by atoms with Crippen molar-refractivity contribution in [2.75, 3.05) is 0 Å². The molecule has 0 fully saturated rings. The molecule has 0 rings (SSSR count). The Morgan fingerprint density at radius 2 is 0.276 bits per heavy atom. The molecule has 20 nitrogen and oxygen atoms in total. The molecule has 0 unspecified atom stereocenters. The van der Waals surface area contributed by atoms with E-state index in [1.54, 1.807) is 0 Å². The van der Waals surface area contributed by atoms with Crippen LogP contribution in [-0.4, -0.2) is 0 Å². The van der Waals surface area contributed by atoms with E-state index in [-0.39, 0.29) is 153 Å². The quantitative estimate of drug-likeness (QED) is 0.204. The average molecular weight is 900 g/mol. The number of hydrogen-bond donors (Lipinski definition) is 0. The fourth-order valence-electron chi connectivity index (χ4n) is 0. The van der Waals surface area contributed by atoms with Gasteiger partial charge in [-0.25, -0.2) is 0 Å². The third-order valence-electron chi connectivity index (χ3n) is 0. The monoisotopic (exact) mass is 893 g/mol. The third-order valence-corrected chi connectivity index (χ3v) is 0. The maximum Gasteiger partial charge on any atom is 4.00 e. The van der Waals surface area contributed by atoms with Gasteiger partial charge in [-0.05, 0) is 0 Å². The van der Waals surface area contributed by atoms with E-state index in [1.165, 1.54) is 0 Å². The summed E-state index contributed by atoms with van der Waals surface area (Å²) in [6.07, 6.45) is 0. The van der Waals surface area contributed by atoms with Crippen LogP contribution in [0, 0.1) is 0 Å². The summed E-state index contributed by atoms with van der Waals surface area (Å²) in [5, 5.41) is 0. The molecule has 29 heavy (non-hydrogen) atoms. The molecule has 0 heterocycles. The van der Waals surface area contributed by atoms with Gasteiger partial charge in [0.15, 0.2) is 0 Å². The second-order valence-electron chi connectivity index (χ2n) is 1.79. The zero-order chi connectivity index (χ0) is 18.0. The minimum Gasteiger partial charge on any atom is -2.00 e. The third kappa shape index (κ3) is 1400. The van der Waals surface area contributed by atoms with Crippen LogP contribution in [0.2, 0.25) is 0 Å². The SMILES string of the molecule is O=P([O-])([O-])[O-].O=P([O-])([O-])[O-].O=P([O-])([O-])[O-].O=P([O-])([O-])[O-].[O-2].[O-2].[O-2].[O-2].[Zr+4].[Zr+4].[Zr+4].[Zr+4].[Zr+4]. The van der Waals surface area contributed by atoms with Crippen LogP contribution in [0.4, 0.5) is 0 Å². The van der Waals surface area contributed by atoms with Crippen molar-refractivity contribution in [2.45, 2.75) is 0 Å². The van der Waals surface area contributed by atoms with E-state index in [9.17, 15) is 0 Å². The molecule has 0 spiro atoms. The second kappa shape index (κ2) is 39.9.